The molecule has 0 saturated carbocycles. The Balaban J connectivity index is 3.01. The Morgan fingerprint density at radius 1 is 1.43 bits per heavy atom. The lowest BCUT2D eigenvalue weighted by atomic mass is 9.94. The Hall–Kier alpha value is -1.71. The molecule has 74 valence electrons. The number of amides is 1. The van der Waals surface area contributed by atoms with Crippen LogP contribution in [0.15, 0.2) is 30.3 Å². The summed E-state index contributed by atoms with van der Waals surface area (Å²) in [6.07, 6.45) is -0.520. The SMILES string of the molecule is NC(=O)CC(F)(C=O)c1ccccc1. The van der Waals surface area contributed by atoms with E-state index in [-0.39, 0.29) is 11.8 Å². The highest BCUT2D eigenvalue weighted by atomic mass is 19.1. The predicted molar refractivity (Wildman–Crippen MR) is 49.1 cm³/mol. The van der Waals surface area contributed by atoms with E-state index in [1.165, 1.54) is 12.1 Å². The molecule has 0 saturated heterocycles. The van der Waals surface area contributed by atoms with Crippen LogP contribution in [0.4, 0.5) is 4.39 Å². The number of halogens is 1. The van der Waals surface area contributed by atoms with Crippen molar-refractivity contribution in [3.8, 4) is 0 Å². The summed E-state index contributed by atoms with van der Waals surface area (Å²) in [6, 6.07) is 7.76. The van der Waals surface area contributed by atoms with Crippen LogP contribution in [0.25, 0.3) is 0 Å². The maximum atomic E-state index is 13.8. The minimum absolute atomic E-state index is 0.104. The molecule has 2 N–H and O–H groups in total. The van der Waals surface area contributed by atoms with Gasteiger partial charge in [0.2, 0.25) is 5.91 Å². The fourth-order valence-electron chi connectivity index (χ4n) is 1.18. The molecule has 3 nitrogen and oxygen atoms in total. The van der Waals surface area contributed by atoms with Gasteiger partial charge in [0, 0.05) is 0 Å². The van der Waals surface area contributed by atoms with Crippen molar-refractivity contribution in [3.05, 3.63) is 35.9 Å². The van der Waals surface area contributed by atoms with E-state index in [1.807, 2.05) is 0 Å². The number of carbonyl (C=O) groups is 2. The van der Waals surface area contributed by atoms with Crippen molar-refractivity contribution in [2.45, 2.75) is 12.1 Å². The average molecular weight is 195 g/mol. The maximum absolute atomic E-state index is 13.8. The second-order valence-electron chi connectivity index (χ2n) is 2.99. The number of carbonyl (C=O) groups excluding carboxylic acids is 2. The van der Waals surface area contributed by atoms with Gasteiger partial charge in [0.1, 0.15) is 0 Å². The molecule has 1 rings (SSSR count). The summed E-state index contributed by atoms with van der Waals surface area (Å²) in [6.45, 7) is 0. The first kappa shape index (κ1) is 10.4. The predicted octanol–water partition coefficient (Wildman–Crippen LogP) is 0.926. The monoisotopic (exact) mass is 195 g/mol. The molecule has 0 spiro atoms. The standard InChI is InChI=1S/C10H10FNO2/c11-10(7-13,6-9(12)14)8-4-2-1-3-5-8/h1-5,7H,6H2,(H2,12,14). The summed E-state index contributed by atoms with van der Waals surface area (Å²) in [7, 11) is 0. The van der Waals surface area contributed by atoms with Crippen LogP contribution in [-0.2, 0) is 15.3 Å². The number of rotatable bonds is 4. The van der Waals surface area contributed by atoms with Crippen LogP contribution >= 0.6 is 0 Å². The Labute approximate surface area is 80.7 Å². The van der Waals surface area contributed by atoms with Crippen molar-refractivity contribution in [2.75, 3.05) is 0 Å². The Bertz CT molecular complexity index is 339. The summed E-state index contributed by atoms with van der Waals surface area (Å²) >= 11 is 0. The highest BCUT2D eigenvalue weighted by molar-refractivity contribution is 5.81. The van der Waals surface area contributed by atoms with Crippen molar-refractivity contribution in [1.29, 1.82) is 0 Å². The number of alkyl halides is 1. The van der Waals surface area contributed by atoms with Crippen LogP contribution in [0.2, 0.25) is 0 Å². The smallest absolute Gasteiger partial charge is 0.221 e. The summed E-state index contributed by atoms with van der Waals surface area (Å²) in [4.78, 5) is 21.2. The van der Waals surface area contributed by atoms with Crippen molar-refractivity contribution in [3.63, 3.8) is 0 Å². The molecule has 1 aromatic carbocycles. The quantitative estimate of drug-likeness (QED) is 0.726. The number of aldehydes is 1. The highest BCUT2D eigenvalue weighted by Crippen LogP contribution is 2.26. The van der Waals surface area contributed by atoms with E-state index in [9.17, 15) is 14.0 Å². The van der Waals surface area contributed by atoms with Gasteiger partial charge in [0.05, 0.1) is 6.42 Å². The fourth-order valence-corrected chi connectivity index (χ4v) is 1.18. The van der Waals surface area contributed by atoms with Crippen LogP contribution in [0.1, 0.15) is 12.0 Å². The van der Waals surface area contributed by atoms with Gasteiger partial charge in [-0.05, 0) is 5.56 Å². The van der Waals surface area contributed by atoms with E-state index in [2.05, 4.69) is 0 Å². The zero-order valence-electron chi connectivity index (χ0n) is 7.44. The molecule has 14 heavy (non-hydrogen) atoms. The number of hydrogen-bond acceptors (Lipinski definition) is 2. The van der Waals surface area contributed by atoms with Crippen LogP contribution in [0.3, 0.4) is 0 Å². The molecule has 0 aromatic heterocycles. The third kappa shape index (κ3) is 2.16. The maximum Gasteiger partial charge on any atom is 0.221 e. The van der Waals surface area contributed by atoms with Gasteiger partial charge in [-0.2, -0.15) is 0 Å². The van der Waals surface area contributed by atoms with Crippen molar-refractivity contribution < 1.29 is 14.0 Å². The van der Waals surface area contributed by atoms with E-state index in [1.54, 1.807) is 18.2 Å². The van der Waals surface area contributed by atoms with Gasteiger partial charge in [0.15, 0.2) is 12.0 Å². The minimum Gasteiger partial charge on any atom is -0.370 e. The second kappa shape index (κ2) is 4.00. The molecule has 1 atom stereocenters. The molecular weight excluding hydrogens is 185 g/mol. The number of primary amides is 1. The summed E-state index contributed by atoms with van der Waals surface area (Å²) in [5, 5.41) is 0. The van der Waals surface area contributed by atoms with Gasteiger partial charge in [-0.15, -0.1) is 0 Å². The molecular formula is C10H10FNO2. The normalized spacial score (nSPS) is 14.4. The molecule has 0 aliphatic rings. The van der Waals surface area contributed by atoms with Crippen LogP contribution < -0.4 is 5.73 Å². The molecule has 0 fully saturated rings. The lowest BCUT2D eigenvalue weighted by Gasteiger charge is -2.16. The second-order valence-corrected chi connectivity index (χ2v) is 2.99. The Morgan fingerprint density at radius 2 is 2.00 bits per heavy atom. The van der Waals surface area contributed by atoms with Gasteiger partial charge < -0.3 is 5.73 Å². The van der Waals surface area contributed by atoms with Crippen molar-refractivity contribution in [2.24, 2.45) is 5.73 Å². The molecule has 0 bridgehead atoms. The third-order valence-electron chi connectivity index (χ3n) is 1.87. The first-order chi connectivity index (χ1) is 6.58. The zero-order chi connectivity index (χ0) is 10.6. The molecule has 0 aliphatic carbocycles. The fraction of sp³-hybridized carbons (Fsp3) is 0.200. The Kier molecular flexibility index (Phi) is 2.96. The van der Waals surface area contributed by atoms with E-state index in [4.69, 9.17) is 5.73 Å². The summed E-state index contributed by atoms with van der Waals surface area (Å²) in [5.41, 5.74) is 2.70. The third-order valence-corrected chi connectivity index (χ3v) is 1.87. The van der Waals surface area contributed by atoms with Crippen LogP contribution in [-0.4, -0.2) is 12.2 Å². The van der Waals surface area contributed by atoms with Gasteiger partial charge >= 0.3 is 0 Å². The zero-order valence-corrected chi connectivity index (χ0v) is 7.44. The van der Waals surface area contributed by atoms with E-state index in [0.717, 1.165) is 0 Å². The summed E-state index contributed by atoms with van der Waals surface area (Å²) in [5.74, 6) is -0.844. The van der Waals surface area contributed by atoms with Gasteiger partial charge in [-0.25, -0.2) is 4.39 Å². The number of hydrogen-bond donors (Lipinski definition) is 1. The number of benzene rings is 1. The van der Waals surface area contributed by atoms with Crippen molar-refractivity contribution in [1.82, 2.24) is 0 Å². The largest absolute Gasteiger partial charge is 0.370 e. The highest BCUT2D eigenvalue weighted by Gasteiger charge is 2.33. The molecule has 0 radical (unpaired) electrons. The van der Waals surface area contributed by atoms with E-state index in [0.29, 0.717) is 0 Å². The summed E-state index contributed by atoms with van der Waals surface area (Å²) < 4.78 is 13.8. The molecule has 1 aromatic rings. The van der Waals surface area contributed by atoms with E-state index >= 15 is 0 Å². The van der Waals surface area contributed by atoms with Gasteiger partial charge in [-0.1, -0.05) is 30.3 Å². The topological polar surface area (TPSA) is 60.2 Å². The Morgan fingerprint density at radius 3 is 2.43 bits per heavy atom. The molecule has 1 unspecified atom stereocenters. The molecule has 1 amide bonds. The first-order valence-electron chi connectivity index (χ1n) is 4.07. The van der Waals surface area contributed by atoms with Crippen LogP contribution in [0.5, 0.6) is 0 Å². The lowest BCUT2D eigenvalue weighted by Crippen LogP contribution is -2.29. The number of nitrogens with two attached hydrogens (primary N) is 1. The van der Waals surface area contributed by atoms with Gasteiger partial charge in [-0.3, -0.25) is 9.59 Å². The lowest BCUT2D eigenvalue weighted by molar-refractivity contribution is -0.127. The van der Waals surface area contributed by atoms with Gasteiger partial charge in [0.25, 0.3) is 0 Å². The first-order valence-corrected chi connectivity index (χ1v) is 4.07. The minimum atomic E-state index is -2.30. The molecule has 0 heterocycles. The molecule has 0 aliphatic heterocycles. The molecule has 4 heteroatoms. The van der Waals surface area contributed by atoms with Crippen molar-refractivity contribution >= 4 is 12.2 Å². The average Bonchev–Trinajstić information content (AvgIpc) is 2.18. The van der Waals surface area contributed by atoms with E-state index < -0.39 is 18.0 Å². The van der Waals surface area contributed by atoms with Crippen LogP contribution in [0, 0.1) is 0 Å².